The highest BCUT2D eigenvalue weighted by Gasteiger charge is 2.38. The number of benzene rings is 9. The summed E-state index contributed by atoms with van der Waals surface area (Å²) < 4.78 is 99.2. The minimum absolute atomic E-state index is 0.487. The second kappa shape index (κ2) is 18.9. The molecule has 0 amide bonds. The predicted molar refractivity (Wildman–Crippen MR) is 265 cm³/mol. The molecule has 0 saturated carbocycles. The summed E-state index contributed by atoms with van der Waals surface area (Å²) in [4.78, 5) is 4.10. The average Bonchev–Trinajstić information content (AvgIpc) is 3.36. The van der Waals surface area contributed by atoms with Crippen LogP contribution in [0.2, 0.25) is 0 Å². The molecule has 0 atom stereocenters. The molecule has 0 spiro atoms. The number of fused-ring (bicyclic) bond motifs is 2. The lowest BCUT2D eigenvalue weighted by molar-refractivity contribution is -0.141. The maximum absolute atomic E-state index is 14.7. The minimum Gasteiger partial charge on any atom is -0.497 e. The van der Waals surface area contributed by atoms with Gasteiger partial charge in [0.05, 0.1) is 36.7 Å². The topological polar surface area (TPSA) is 24.9 Å². The van der Waals surface area contributed by atoms with Gasteiger partial charge in [0.1, 0.15) is 11.5 Å². The van der Waals surface area contributed by atoms with Crippen molar-refractivity contribution in [2.75, 3.05) is 24.0 Å². The molecule has 10 heteroatoms. The first-order chi connectivity index (χ1) is 32.9. The lowest BCUT2D eigenvalue weighted by Gasteiger charge is -2.27. The molecule has 0 aliphatic rings. The summed E-state index contributed by atoms with van der Waals surface area (Å²) in [6.45, 7) is 0. The number of methoxy groups -OCH3 is 2. The Kier molecular flexibility index (Phi) is 12.5. The molecule has 0 fully saturated rings. The highest BCUT2D eigenvalue weighted by atomic mass is 19.4. The van der Waals surface area contributed by atoms with E-state index in [-0.39, 0.29) is 0 Å². The minimum atomic E-state index is -4.96. The maximum Gasteiger partial charge on any atom is 0.417 e. The Morgan fingerprint density at radius 1 is 0.368 bits per heavy atom. The van der Waals surface area contributed by atoms with E-state index in [0.29, 0.717) is 34.8 Å². The lowest BCUT2D eigenvalue weighted by atomic mass is 9.95. The van der Waals surface area contributed by atoms with Gasteiger partial charge < -0.3 is 19.3 Å². The molecule has 0 saturated heterocycles. The third-order valence-corrected chi connectivity index (χ3v) is 11.7. The molecule has 0 heterocycles. The van der Waals surface area contributed by atoms with Crippen molar-refractivity contribution in [3.05, 3.63) is 228 Å². The van der Waals surface area contributed by atoms with E-state index in [1.165, 1.54) is 12.2 Å². The first-order valence-electron chi connectivity index (χ1n) is 21.6. The SMILES string of the molecule is COc1ccc(N(c2ccc(C=Cc3cc(C(F)(F)F)c(C=Cc4ccc(N(c5ccc(OC)cc5)c5cccc6ccccc56)cc4)cc3C(F)(F)F)cc2)c2cccc3ccccc23)cc1. The van der Waals surface area contributed by atoms with E-state index in [9.17, 15) is 26.3 Å². The largest absolute Gasteiger partial charge is 0.497 e. The van der Waals surface area contributed by atoms with Gasteiger partial charge in [-0.1, -0.05) is 121 Å². The fourth-order valence-electron chi connectivity index (χ4n) is 8.36. The number of nitrogens with zero attached hydrogens (tertiary/aromatic N) is 2. The van der Waals surface area contributed by atoms with E-state index >= 15 is 0 Å². The molecule has 0 aliphatic heterocycles. The van der Waals surface area contributed by atoms with Crippen molar-refractivity contribution in [3.8, 4) is 11.5 Å². The van der Waals surface area contributed by atoms with Crippen molar-refractivity contribution in [1.82, 2.24) is 0 Å². The first-order valence-corrected chi connectivity index (χ1v) is 21.6. The van der Waals surface area contributed by atoms with Gasteiger partial charge in [-0.15, -0.1) is 0 Å². The van der Waals surface area contributed by atoms with Crippen LogP contribution in [-0.2, 0) is 12.4 Å². The lowest BCUT2D eigenvalue weighted by Crippen LogP contribution is -2.13. The third kappa shape index (κ3) is 9.53. The monoisotopic (exact) mass is 912 g/mol. The fraction of sp³-hybridized carbons (Fsp3) is 0.0690. The Labute approximate surface area is 389 Å². The Balaban J connectivity index is 1.02. The molecule has 9 aromatic rings. The van der Waals surface area contributed by atoms with Gasteiger partial charge in [0.2, 0.25) is 0 Å². The van der Waals surface area contributed by atoms with Gasteiger partial charge in [0, 0.05) is 33.5 Å². The summed E-state index contributed by atoms with van der Waals surface area (Å²) in [6, 6.07) is 58.2. The van der Waals surface area contributed by atoms with E-state index in [0.717, 1.165) is 67.8 Å². The van der Waals surface area contributed by atoms with E-state index in [2.05, 4.69) is 9.80 Å². The summed E-state index contributed by atoms with van der Waals surface area (Å²) in [5.74, 6) is 1.36. The summed E-state index contributed by atoms with van der Waals surface area (Å²) >= 11 is 0. The zero-order valence-corrected chi connectivity index (χ0v) is 36.8. The number of hydrogen-bond acceptors (Lipinski definition) is 4. The van der Waals surface area contributed by atoms with Crippen LogP contribution >= 0.6 is 0 Å². The van der Waals surface area contributed by atoms with Gasteiger partial charge in [-0.2, -0.15) is 26.3 Å². The van der Waals surface area contributed by atoms with Gasteiger partial charge in [0.25, 0.3) is 0 Å². The molecule has 0 N–H and O–H groups in total. The van der Waals surface area contributed by atoms with Crippen LogP contribution in [0.1, 0.15) is 33.4 Å². The van der Waals surface area contributed by atoms with E-state index in [1.807, 2.05) is 158 Å². The van der Waals surface area contributed by atoms with Gasteiger partial charge in [-0.05, 0) is 130 Å². The summed E-state index contributed by atoms with van der Waals surface area (Å²) in [7, 11) is 3.17. The third-order valence-electron chi connectivity index (χ3n) is 11.7. The Morgan fingerprint density at radius 2 is 0.691 bits per heavy atom. The van der Waals surface area contributed by atoms with Crippen LogP contribution in [0.15, 0.2) is 194 Å². The standard InChI is InChI=1S/C58H42F6N2O2/c1-67-49-33-29-47(30-34-49)65(55-15-7-11-41-9-3-5-13-51(41)55)45-25-19-39(20-26-45)17-23-43-37-54(58(62,63)64)44(38-53(43)57(59,60)61)24-18-40-21-27-46(28-22-40)66(48-31-35-50(68-2)36-32-48)56-16-8-12-42-10-4-6-14-52(42)56/h3-38H,1-2H3. The first kappa shape index (κ1) is 44.9. The van der Waals surface area contributed by atoms with Crippen molar-refractivity contribution in [2.24, 2.45) is 0 Å². The molecular formula is C58H42F6N2O2. The normalized spacial score (nSPS) is 12.0. The van der Waals surface area contributed by atoms with Crippen LogP contribution in [0, 0.1) is 0 Å². The van der Waals surface area contributed by atoms with Crippen LogP contribution in [0.4, 0.5) is 60.5 Å². The Hall–Kier alpha value is -8.24. The van der Waals surface area contributed by atoms with Gasteiger partial charge in [0.15, 0.2) is 0 Å². The van der Waals surface area contributed by atoms with Gasteiger partial charge >= 0.3 is 12.4 Å². The Morgan fingerprint density at radius 3 is 1.03 bits per heavy atom. The second-order valence-electron chi connectivity index (χ2n) is 15.9. The number of hydrogen-bond donors (Lipinski definition) is 0. The van der Waals surface area contributed by atoms with Crippen LogP contribution in [0.3, 0.4) is 0 Å². The van der Waals surface area contributed by atoms with E-state index < -0.39 is 34.6 Å². The van der Waals surface area contributed by atoms with Crippen LogP contribution in [0.25, 0.3) is 45.8 Å². The molecule has 0 bridgehead atoms. The molecule has 0 unspecified atom stereocenters. The van der Waals surface area contributed by atoms with Crippen molar-refractivity contribution in [2.45, 2.75) is 12.4 Å². The van der Waals surface area contributed by atoms with Crippen LogP contribution < -0.4 is 19.3 Å². The van der Waals surface area contributed by atoms with Crippen molar-refractivity contribution in [3.63, 3.8) is 0 Å². The van der Waals surface area contributed by atoms with Crippen molar-refractivity contribution < 1.29 is 35.8 Å². The van der Waals surface area contributed by atoms with Crippen LogP contribution in [0.5, 0.6) is 11.5 Å². The molecule has 338 valence electrons. The number of rotatable bonds is 12. The van der Waals surface area contributed by atoms with Gasteiger partial charge in [-0.3, -0.25) is 0 Å². The molecule has 4 nitrogen and oxygen atoms in total. The number of halogens is 6. The number of anilines is 6. The van der Waals surface area contributed by atoms with Crippen molar-refractivity contribution in [1.29, 1.82) is 0 Å². The molecule has 0 radical (unpaired) electrons. The number of ether oxygens (including phenoxy) is 2. The number of alkyl halides is 6. The predicted octanol–water partition coefficient (Wildman–Crippen LogP) is 17.3. The highest BCUT2D eigenvalue weighted by Crippen LogP contribution is 2.43. The maximum atomic E-state index is 14.7. The van der Waals surface area contributed by atoms with Gasteiger partial charge in [-0.25, -0.2) is 0 Å². The smallest absolute Gasteiger partial charge is 0.417 e. The zero-order chi connectivity index (χ0) is 47.4. The Bertz CT molecular complexity index is 3040. The molecule has 9 rings (SSSR count). The molecular weight excluding hydrogens is 871 g/mol. The molecule has 68 heavy (non-hydrogen) atoms. The average molecular weight is 913 g/mol. The zero-order valence-electron chi connectivity index (χ0n) is 36.8. The molecule has 0 aliphatic carbocycles. The fourth-order valence-corrected chi connectivity index (χ4v) is 8.36. The highest BCUT2D eigenvalue weighted by molar-refractivity contribution is 6.00. The van der Waals surface area contributed by atoms with Crippen molar-refractivity contribution >= 4 is 80.0 Å². The van der Waals surface area contributed by atoms with Crippen LogP contribution in [-0.4, -0.2) is 14.2 Å². The quantitative estimate of drug-likeness (QED) is 0.0901. The molecule has 9 aromatic carbocycles. The van der Waals surface area contributed by atoms with E-state index in [1.54, 1.807) is 38.5 Å². The summed E-state index contributed by atoms with van der Waals surface area (Å²) in [6.07, 6.45) is -4.99. The summed E-state index contributed by atoms with van der Waals surface area (Å²) in [5, 5.41) is 4.05. The summed E-state index contributed by atoms with van der Waals surface area (Å²) in [5.41, 5.74) is 2.32. The molecule has 0 aromatic heterocycles. The van der Waals surface area contributed by atoms with E-state index in [4.69, 9.17) is 9.47 Å². The second-order valence-corrected chi connectivity index (χ2v) is 15.9.